The van der Waals surface area contributed by atoms with Crippen molar-refractivity contribution in [3.8, 4) is 0 Å². The fourth-order valence-corrected chi connectivity index (χ4v) is 0.222. The van der Waals surface area contributed by atoms with Crippen molar-refractivity contribution >= 4 is 21.4 Å². The molecule has 0 amide bonds. The second-order valence-corrected chi connectivity index (χ2v) is 2.30. The van der Waals surface area contributed by atoms with Crippen molar-refractivity contribution in [1.82, 2.24) is 0 Å². The maximum absolute atomic E-state index is 5.25. The quantitative estimate of drug-likeness (QED) is 0.440. The lowest BCUT2D eigenvalue weighted by Crippen LogP contribution is -2.21. The summed E-state index contributed by atoms with van der Waals surface area (Å²) in [6.45, 7) is 6.99. The van der Waals surface area contributed by atoms with E-state index in [2.05, 4.69) is 20.7 Å². The van der Waals surface area contributed by atoms with E-state index in [1.807, 2.05) is 0 Å². The third-order valence-electron chi connectivity index (χ3n) is 1.36. The molecule has 0 aliphatic heterocycles. The lowest BCUT2D eigenvalue weighted by molar-refractivity contribution is 1.05. The van der Waals surface area contributed by atoms with Gasteiger partial charge in [-0.1, -0.05) is 26.5 Å². The zero-order valence-corrected chi connectivity index (χ0v) is 5.31. The molecule has 0 heterocycles. The summed E-state index contributed by atoms with van der Waals surface area (Å²) in [7, 11) is 6.99. The van der Waals surface area contributed by atoms with Crippen LogP contribution in [0.25, 0.3) is 0 Å². The van der Waals surface area contributed by atoms with E-state index >= 15 is 0 Å². The Morgan fingerprint density at radius 2 is 2.00 bits per heavy atom. The topological polar surface area (TPSA) is 0 Å². The Morgan fingerprint density at radius 3 is 2.00 bits per heavy atom. The van der Waals surface area contributed by atoms with Crippen LogP contribution in [0.1, 0.15) is 13.8 Å². The van der Waals surface area contributed by atoms with Gasteiger partial charge in [-0.15, -0.1) is 0 Å². The molecule has 0 aromatic heterocycles. The molecule has 0 N–H and O–H groups in total. The second kappa shape index (κ2) is 3.23. The molecule has 3 radical (unpaired) electrons. The van der Waals surface area contributed by atoms with Gasteiger partial charge >= 0.3 is 0 Å². The lowest BCUT2D eigenvalue weighted by Gasteiger charge is -2.06. The lowest BCUT2D eigenvalue weighted by atomic mass is 9.11. The monoisotopic (exact) mass is 91.1 g/mol. The first-order valence-electron chi connectivity index (χ1n) is 2.73. The van der Waals surface area contributed by atoms with Gasteiger partial charge in [0, 0.05) is 14.8 Å². The first-order chi connectivity index (χ1) is 3.18. The molecule has 0 atom stereocenters. The summed E-state index contributed by atoms with van der Waals surface area (Å²) < 4.78 is 0. The van der Waals surface area contributed by atoms with E-state index in [1.54, 1.807) is 7.06 Å². The average Bonchev–Trinajstić information content (AvgIpc) is 1.65. The van der Waals surface area contributed by atoms with Crippen molar-refractivity contribution in [1.29, 1.82) is 0 Å². The smallest absolute Gasteiger partial charge is 0.0901 e. The van der Waals surface area contributed by atoms with Crippen LogP contribution in [0.3, 0.4) is 0 Å². The zero-order chi connectivity index (χ0) is 5.86. The highest BCUT2D eigenvalue weighted by molar-refractivity contribution is 7.31. The van der Waals surface area contributed by atoms with Crippen LogP contribution < -0.4 is 0 Å². The highest BCUT2D eigenvalue weighted by Gasteiger charge is 2.05. The second-order valence-electron chi connectivity index (χ2n) is 2.30. The van der Waals surface area contributed by atoms with Gasteiger partial charge in [0.05, 0.1) is 6.60 Å². The summed E-state index contributed by atoms with van der Waals surface area (Å²) in [5.41, 5.74) is 0. The normalized spacial score (nSPS) is 9.14. The van der Waals surface area contributed by atoms with Crippen LogP contribution in [-0.4, -0.2) is 21.4 Å². The highest BCUT2D eigenvalue weighted by atomic mass is 13.7. The molecule has 0 aromatic rings. The van der Waals surface area contributed by atoms with Crippen molar-refractivity contribution < 1.29 is 0 Å². The minimum Gasteiger partial charge on any atom is -0.0931 e. The summed E-state index contributed by atoms with van der Waals surface area (Å²) >= 11 is 0. The van der Waals surface area contributed by atoms with E-state index in [0.29, 0.717) is 12.4 Å². The van der Waals surface area contributed by atoms with Gasteiger partial charge in [-0.3, -0.25) is 0 Å². The van der Waals surface area contributed by atoms with Gasteiger partial charge in [0.25, 0.3) is 0 Å². The summed E-state index contributed by atoms with van der Waals surface area (Å²) in [6, 6.07) is 0. The van der Waals surface area contributed by atoms with Crippen molar-refractivity contribution in [3.63, 3.8) is 0 Å². The first kappa shape index (κ1) is 7.19. The molecular weight excluding hydrogens is 80.5 g/mol. The molecule has 0 spiro atoms. The molecule has 0 nitrogen and oxygen atoms in total. The van der Waals surface area contributed by atoms with Crippen LogP contribution in [-0.2, 0) is 0 Å². The molecule has 3 heteroatoms. The molecule has 7 heavy (non-hydrogen) atoms. The zero-order valence-electron chi connectivity index (χ0n) is 5.31. The van der Waals surface area contributed by atoms with Crippen molar-refractivity contribution in [2.75, 3.05) is 0 Å². The van der Waals surface area contributed by atoms with Crippen molar-refractivity contribution in [2.24, 2.45) is 0 Å². The van der Waals surface area contributed by atoms with E-state index < -0.39 is 0 Å². The Labute approximate surface area is 48.8 Å². The molecule has 0 saturated carbocycles. The molecular formula is C4H10B3. The summed E-state index contributed by atoms with van der Waals surface area (Å²) in [5, 5.41) is 0. The molecule has 0 fully saturated rings. The Hall–Kier alpha value is 0.195. The van der Waals surface area contributed by atoms with Crippen LogP contribution in [0.4, 0.5) is 0 Å². The van der Waals surface area contributed by atoms with Gasteiger partial charge in [-0.25, -0.2) is 0 Å². The molecule has 0 aromatic carbocycles. The summed E-state index contributed by atoms with van der Waals surface area (Å²) in [4.78, 5) is 0. The van der Waals surface area contributed by atoms with Crippen LogP contribution >= 0.6 is 0 Å². The molecule has 0 aliphatic rings. The SMILES string of the molecule is [B][B]B(C)C(C)C. The van der Waals surface area contributed by atoms with E-state index in [4.69, 9.17) is 7.74 Å². The summed E-state index contributed by atoms with van der Waals surface area (Å²) in [5.74, 6) is 0.685. The fraction of sp³-hybridized carbons (Fsp3) is 1.00. The Morgan fingerprint density at radius 1 is 1.57 bits per heavy atom. The molecule has 0 aliphatic carbocycles. The standard InChI is InChI=1S/C4H10B3/c1-4(2)7(3)6-5/h4H,1-3H3. The number of hydrogen-bond acceptors (Lipinski definition) is 0. The molecule has 0 rings (SSSR count). The van der Waals surface area contributed by atoms with Crippen molar-refractivity contribution in [3.05, 3.63) is 0 Å². The van der Waals surface area contributed by atoms with Crippen LogP contribution in [0.5, 0.6) is 0 Å². The van der Waals surface area contributed by atoms with Gasteiger partial charge in [0.15, 0.2) is 0 Å². The van der Waals surface area contributed by atoms with Crippen LogP contribution in [0.15, 0.2) is 0 Å². The highest BCUT2D eigenvalue weighted by Crippen LogP contribution is 2.03. The van der Waals surface area contributed by atoms with Gasteiger partial charge in [0.1, 0.15) is 0 Å². The molecule has 35 valence electrons. The Bertz CT molecular complexity index is 44.2. The van der Waals surface area contributed by atoms with Gasteiger partial charge in [0.2, 0.25) is 0 Å². The number of rotatable bonds is 2. The third-order valence-corrected chi connectivity index (χ3v) is 1.36. The molecule has 0 bridgehead atoms. The molecule has 0 saturated heterocycles. The van der Waals surface area contributed by atoms with E-state index in [1.165, 1.54) is 0 Å². The third kappa shape index (κ3) is 2.84. The van der Waals surface area contributed by atoms with Crippen molar-refractivity contribution in [2.45, 2.75) is 26.5 Å². The maximum Gasteiger partial charge on any atom is 0.0901 e. The summed E-state index contributed by atoms with van der Waals surface area (Å²) in [6.07, 6.45) is 0. The van der Waals surface area contributed by atoms with Gasteiger partial charge < -0.3 is 0 Å². The van der Waals surface area contributed by atoms with E-state index in [9.17, 15) is 0 Å². The fourth-order valence-electron chi connectivity index (χ4n) is 0.222. The van der Waals surface area contributed by atoms with Gasteiger partial charge in [-0.05, 0) is 0 Å². The van der Waals surface area contributed by atoms with Gasteiger partial charge in [-0.2, -0.15) is 0 Å². The number of hydrogen-bond donors (Lipinski definition) is 0. The minimum atomic E-state index is 0.556. The van der Waals surface area contributed by atoms with Crippen LogP contribution in [0, 0.1) is 0 Å². The van der Waals surface area contributed by atoms with Crippen LogP contribution in [0.2, 0.25) is 12.6 Å². The average molecular weight is 90.6 g/mol. The maximum atomic E-state index is 5.25. The Kier molecular flexibility index (Phi) is 3.32. The van der Waals surface area contributed by atoms with E-state index in [0.717, 1.165) is 0 Å². The Balaban J connectivity index is 3.14. The molecule has 0 unspecified atom stereocenters. The van der Waals surface area contributed by atoms with E-state index in [-0.39, 0.29) is 0 Å². The predicted octanol–water partition coefficient (Wildman–Crippen LogP) is 0.805. The largest absolute Gasteiger partial charge is 0.0931 e. The minimum absolute atomic E-state index is 0.556. The predicted molar refractivity (Wildman–Crippen MR) is 38.2 cm³/mol. The first-order valence-corrected chi connectivity index (χ1v) is 2.73.